The molecule has 0 saturated carbocycles. The van der Waals surface area contributed by atoms with E-state index in [9.17, 15) is 5.26 Å². The van der Waals surface area contributed by atoms with Crippen LogP contribution in [0.5, 0.6) is 0 Å². The predicted octanol–water partition coefficient (Wildman–Crippen LogP) is 3.21. The number of aryl methyl sites for hydroxylation is 2. The van der Waals surface area contributed by atoms with Gasteiger partial charge in [-0.15, -0.1) is 0 Å². The van der Waals surface area contributed by atoms with Crippen molar-refractivity contribution in [2.24, 2.45) is 0 Å². The van der Waals surface area contributed by atoms with Crippen molar-refractivity contribution in [3.8, 4) is 6.07 Å². The minimum Gasteiger partial charge on any atom is -0.351 e. The minimum absolute atomic E-state index is 0.701. The number of benzene rings is 1. The molecule has 2 heterocycles. The number of pyridine rings is 1. The van der Waals surface area contributed by atoms with Crippen molar-refractivity contribution in [3.63, 3.8) is 0 Å². The maximum atomic E-state index is 9.38. The van der Waals surface area contributed by atoms with E-state index in [0.29, 0.717) is 5.56 Å². The molecule has 100 valence electrons. The number of anilines is 1. The van der Waals surface area contributed by atoms with Gasteiger partial charge in [-0.3, -0.25) is 0 Å². The molecule has 1 aliphatic heterocycles. The van der Waals surface area contributed by atoms with Gasteiger partial charge >= 0.3 is 0 Å². The molecule has 0 aliphatic carbocycles. The van der Waals surface area contributed by atoms with Gasteiger partial charge in [0.05, 0.1) is 5.56 Å². The Balaban J connectivity index is 2.00. The molecule has 0 atom stereocenters. The van der Waals surface area contributed by atoms with Gasteiger partial charge in [0.1, 0.15) is 11.9 Å². The van der Waals surface area contributed by atoms with E-state index in [-0.39, 0.29) is 0 Å². The highest BCUT2D eigenvalue weighted by Crippen LogP contribution is 2.26. The van der Waals surface area contributed by atoms with Crippen LogP contribution >= 0.6 is 0 Å². The zero-order valence-electron chi connectivity index (χ0n) is 11.6. The van der Waals surface area contributed by atoms with E-state index in [1.807, 2.05) is 13.0 Å². The average Bonchev–Trinajstić information content (AvgIpc) is 2.69. The second-order valence-corrected chi connectivity index (χ2v) is 5.23. The fourth-order valence-corrected chi connectivity index (χ4v) is 2.80. The van der Waals surface area contributed by atoms with Crippen molar-refractivity contribution in [1.29, 1.82) is 5.26 Å². The molecule has 1 aromatic heterocycles. The first-order chi connectivity index (χ1) is 9.79. The summed E-state index contributed by atoms with van der Waals surface area (Å²) in [5, 5.41) is 9.38. The maximum Gasteiger partial charge on any atom is 0.147 e. The molecule has 3 heteroatoms. The van der Waals surface area contributed by atoms with Crippen LogP contribution in [0.3, 0.4) is 0 Å². The number of nitriles is 1. The van der Waals surface area contributed by atoms with Gasteiger partial charge in [0.15, 0.2) is 0 Å². The van der Waals surface area contributed by atoms with E-state index < -0.39 is 0 Å². The van der Waals surface area contributed by atoms with E-state index in [1.165, 1.54) is 11.1 Å². The first-order valence-corrected chi connectivity index (χ1v) is 6.97. The molecule has 0 N–H and O–H groups in total. The lowest BCUT2D eigenvalue weighted by molar-refractivity contribution is 0.753. The molecule has 0 radical (unpaired) electrons. The van der Waals surface area contributed by atoms with Crippen LogP contribution in [0.4, 0.5) is 5.82 Å². The SMILES string of the molecule is Cc1ccnc(N2CCCc3ccccc3C2)c1C#N. The zero-order valence-corrected chi connectivity index (χ0v) is 11.6. The summed E-state index contributed by atoms with van der Waals surface area (Å²) in [4.78, 5) is 6.69. The fraction of sp³-hybridized carbons (Fsp3) is 0.294. The van der Waals surface area contributed by atoms with E-state index in [1.54, 1.807) is 6.20 Å². The van der Waals surface area contributed by atoms with Crippen LogP contribution in [-0.4, -0.2) is 11.5 Å². The standard InChI is InChI=1S/C17H17N3/c1-13-8-9-19-17(16(13)11-18)20-10-4-7-14-5-2-3-6-15(14)12-20/h2-3,5-6,8-9H,4,7,10,12H2,1H3. The third kappa shape index (κ3) is 2.25. The molecule has 1 aromatic carbocycles. The Labute approximate surface area is 119 Å². The molecule has 2 aromatic rings. The van der Waals surface area contributed by atoms with Gasteiger partial charge in [-0.2, -0.15) is 5.26 Å². The van der Waals surface area contributed by atoms with E-state index in [2.05, 4.69) is 40.2 Å². The van der Waals surface area contributed by atoms with E-state index in [4.69, 9.17) is 0 Å². The van der Waals surface area contributed by atoms with Crippen molar-refractivity contribution in [3.05, 3.63) is 58.8 Å². The average molecular weight is 263 g/mol. The second-order valence-electron chi connectivity index (χ2n) is 5.23. The van der Waals surface area contributed by atoms with Crippen LogP contribution in [0.2, 0.25) is 0 Å². The normalized spacial score (nSPS) is 14.3. The molecular weight excluding hydrogens is 246 g/mol. The van der Waals surface area contributed by atoms with Crippen LogP contribution < -0.4 is 4.90 Å². The lowest BCUT2D eigenvalue weighted by atomic mass is 10.0. The van der Waals surface area contributed by atoms with Crippen LogP contribution in [0, 0.1) is 18.3 Å². The quantitative estimate of drug-likeness (QED) is 0.793. The van der Waals surface area contributed by atoms with Gasteiger partial charge in [0, 0.05) is 19.3 Å². The number of rotatable bonds is 1. The Morgan fingerprint density at radius 3 is 2.80 bits per heavy atom. The van der Waals surface area contributed by atoms with Gasteiger partial charge < -0.3 is 4.90 Å². The second kappa shape index (κ2) is 5.34. The van der Waals surface area contributed by atoms with Gasteiger partial charge in [-0.05, 0) is 42.5 Å². The van der Waals surface area contributed by atoms with Gasteiger partial charge in [-0.1, -0.05) is 24.3 Å². The Bertz CT molecular complexity index is 670. The van der Waals surface area contributed by atoms with E-state index >= 15 is 0 Å². The Kier molecular flexibility index (Phi) is 3.39. The van der Waals surface area contributed by atoms with E-state index in [0.717, 1.165) is 37.3 Å². The highest BCUT2D eigenvalue weighted by Gasteiger charge is 2.18. The van der Waals surface area contributed by atoms with Crippen molar-refractivity contribution >= 4 is 5.82 Å². The topological polar surface area (TPSA) is 39.9 Å². The van der Waals surface area contributed by atoms with Gasteiger partial charge in [0.25, 0.3) is 0 Å². The lowest BCUT2D eigenvalue weighted by Gasteiger charge is -2.23. The molecule has 3 nitrogen and oxygen atoms in total. The monoisotopic (exact) mass is 263 g/mol. The molecule has 1 aliphatic rings. The Hall–Kier alpha value is -2.34. The Morgan fingerprint density at radius 1 is 1.20 bits per heavy atom. The first kappa shape index (κ1) is 12.7. The fourth-order valence-electron chi connectivity index (χ4n) is 2.80. The molecule has 0 amide bonds. The Morgan fingerprint density at radius 2 is 2.00 bits per heavy atom. The number of hydrogen-bond donors (Lipinski definition) is 0. The summed E-state index contributed by atoms with van der Waals surface area (Å²) in [6.07, 6.45) is 3.99. The number of nitrogens with zero attached hydrogens (tertiary/aromatic N) is 3. The van der Waals surface area contributed by atoms with Crippen molar-refractivity contribution in [2.45, 2.75) is 26.3 Å². The number of aromatic nitrogens is 1. The van der Waals surface area contributed by atoms with Crippen molar-refractivity contribution < 1.29 is 0 Å². The third-order valence-corrected chi connectivity index (χ3v) is 3.90. The molecule has 20 heavy (non-hydrogen) atoms. The summed E-state index contributed by atoms with van der Waals surface area (Å²) in [6, 6.07) is 12.8. The van der Waals surface area contributed by atoms with Crippen molar-refractivity contribution in [2.75, 3.05) is 11.4 Å². The molecule has 0 saturated heterocycles. The molecule has 0 fully saturated rings. The summed E-state index contributed by atoms with van der Waals surface area (Å²) in [6.45, 7) is 3.75. The molecule has 0 unspecified atom stereocenters. The van der Waals surface area contributed by atoms with Crippen LogP contribution in [0.1, 0.15) is 28.7 Å². The first-order valence-electron chi connectivity index (χ1n) is 6.97. The van der Waals surface area contributed by atoms with Crippen LogP contribution in [-0.2, 0) is 13.0 Å². The highest BCUT2D eigenvalue weighted by atomic mass is 15.2. The third-order valence-electron chi connectivity index (χ3n) is 3.90. The smallest absolute Gasteiger partial charge is 0.147 e. The number of fused-ring (bicyclic) bond motifs is 1. The van der Waals surface area contributed by atoms with Crippen LogP contribution in [0.25, 0.3) is 0 Å². The number of hydrogen-bond acceptors (Lipinski definition) is 3. The zero-order chi connectivity index (χ0) is 13.9. The summed E-state index contributed by atoms with van der Waals surface area (Å²) in [7, 11) is 0. The minimum atomic E-state index is 0.701. The highest BCUT2D eigenvalue weighted by molar-refractivity contribution is 5.57. The largest absolute Gasteiger partial charge is 0.351 e. The molecule has 0 spiro atoms. The summed E-state index contributed by atoms with van der Waals surface area (Å²) in [5.74, 6) is 0.823. The summed E-state index contributed by atoms with van der Waals surface area (Å²) in [5.41, 5.74) is 4.46. The van der Waals surface area contributed by atoms with Gasteiger partial charge in [0.2, 0.25) is 0 Å². The predicted molar refractivity (Wildman–Crippen MR) is 79.5 cm³/mol. The van der Waals surface area contributed by atoms with Crippen molar-refractivity contribution in [1.82, 2.24) is 4.98 Å². The maximum absolute atomic E-state index is 9.38. The molecule has 0 bridgehead atoms. The summed E-state index contributed by atoms with van der Waals surface area (Å²) < 4.78 is 0. The van der Waals surface area contributed by atoms with Gasteiger partial charge in [-0.25, -0.2) is 4.98 Å². The van der Waals surface area contributed by atoms with Crippen LogP contribution in [0.15, 0.2) is 36.5 Å². The molecular formula is C17H17N3. The summed E-state index contributed by atoms with van der Waals surface area (Å²) >= 11 is 0. The molecule has 3 rings (SSSR count). The lowest BCUT2D eigenvalue weighted by Crippen LogP contribution is -2.24.